The maximum Gasteiger partial charge on any atom is 0.247 e. The van der Waals surface area contributed by atoms with Gasteiger partial charge in [-0.1, -0.05) is 12.1 Å². The number of thiophene rings is 1. The molecule has 2 aromatic rings. The van der Waals surface area contributed by atoms with Gasteiger partial charge in [0.05, 0.1) is 15.0 Å². The smallest absolute Gasteiger partial charge is 0.247 e. The summed E-state index contributed by atoms with van der Waals surface area (Å²) in [5.41, 5.74) is 0.457. The Morgan fingerprint density at radius 2 is 1.95 bits per heavy atom. The van der Waals surface area contributed by atoms with Gasteiger partial charge in [0.1, 0.15) is 4.21 Å². The van der Waals surface area contributed by atoms with Gasteiger partial charge in [-0.05, 0) is 31.2 Å². The molecule has 0 saturated heterocycles. The number of carbonyl (C=O) groups excluding carboxylic acids is 1. The van der Waals surface area contributed by atoms with Crippen LogP contribution in [0.4, 0.5) is 0 Å². The highest BCUT2D eigenvalue weighted by atomic mass is 32.3. The Hall–Kier alpha value is -1.35. The molecule has 1 heterocycles. The molecule has 0 spiro atoms. The number of nitrogens with two attached hydrogens (primary N) is 1. The largest absolute Gasteiger partial charge is 0.295 e. The van der Waals surface area contributed by atoms with Crippen LogP contribution >= 0.6 is 11.3 Å². The minimum Gasteiger partial charge on any atom is -0.295 e. The van der Waals surface area contributed by atoms with E-state index in [0.717, 1.165) is 11.3 Å². The summed E-state index contributed by atoms with van der Waals surface area (Å²) in [6.45, 7) is 1.42. The standard InChI is InChI=1S/C12H11NO4S3/c1-8(14)9-3-2-4-10(7-9)19(15)11-5-6-12(18-11)20(13,16)17/h2-7H,1H3,(H2,13,16,17)/t19-/m0/s1. The number of carbonyl (C=O) groups is 1. The SMILES string of the molecule is CC(=O)c1cccc([S@](=O)c2ccc(S(N)(=O)=O)s2)c1. The number of rotatable bonds is 4. The van der Waals surface area contributed by atoms with E-state index >= 15 is 0 Å². The minimum atomic E-state index is -3.79. The number of sulfonamides is 1. The summed E-state index contributed by atoms with van der Waals surface area (Å²) in [4.78, 5) is 11.7. The highest BCUT2D eigenvalue weighted by Gasteiger charge is 2.16. The lowest BCUT2D eigenvalue weighted by Gasteiger charge is -2.01. The number of hydrogen-bond donors (Lipinski definition) is 1. The molecule has 0 unspecified atom stereocenters. The maximum atomic E-state index is 12.3. The molecular weight excluding hydrogens is 318 g/mol. The van der Waals surface area contributed by atoms with Crippen LogP contribution in [0.1, 0.15) is 17.3 Å². The van der Waals surface area contributed by atoms with Gasteiger partial charge in [-0.15, -0.1) is 11.3 Å². The molecule has 106 valence electrons. The number of ketones is 1. The molecule has 5 nitrogen and oxygen atoms in total. The van der Waals surface area contributed by atoms with Crippen molar-refractivity contribution in [2.75, 3.05) is 0 Å². The van der Waals surface area contributed by atoms with Crippen molar-refractivity contribution in [1.82, 2.24) is 0 Å². The Morgan fingerprint density at radius 3 is 2.50 bits per heavy atom. The molecule has 2 N–H and O–H groups in total. The van der Waals surface area contributed by atoms with Gasteiger partial charge in [0.15, 0.2) is 5.78 Å². The molecule has 0 saturated carbocycles. The first kappa shape index (κ1) is 15.0. The van der Waals surface area contributed by atoms with Crippen LogP contribution in [-0.4, -0.2) is 18.4 Å². The van der Waals surface area contributed by atoms with Gasteiger partial charge in [0, 0.05) is 10.5 Å². The third-order valence-electron chi connectivity index (χ3n) is 2.47. The summed E-state index contributed by atoms with van der Waals surface area (Å²) < 4.78 is 35.1. The molecular formula is C12H11NO4S3. The first-order valence-electron chi connectivity index (χ1n) is 5.44. The molecule has 0 aliphatic heterocycles. The summed E-state index contributed by atoms with van der Waals surface area (Å²) in [6.07, 6.45) is 0. The molecule has 0 aliphatic carbocycles. The lowest BCUT2D eigenvalue weighted by atomic mass is 10.2. The molecule has 8 heteroatoms. The summed E-state index contributed by atoms with van der Waals surface area (Å²) in [6, 6.07) is 9.21. The van der Waals surface area contributed by atoms with E-state index < -0.39 is 20.8 Å². The van der Waals surface area contributed by atoms with Crippen molar-refractivity contribution in [3.63, 3.8) is 0 Å². The zero-order valence-electron chi connectivity index (χ0n) is 10.4. The van der Waals surface area contributed by atoms with Crippen LogP contribution in [0.2, 0.25) is 0 Å². The predicted octanol–water partition coefficient (Wildman–Crippen LogP) is 1.76. The summed E-state index contributed by atoms with van der Waals surface area (Å²) in [7, 11) is -5.33. The van der Waals surface area contributed by atoms with Gasteiger partial charge < -0.3 is 0 Å². The first-order chi connectivity index (χ1) is 9.29. The van der Waals surface area contributed by atoms with Crippen LogP contribution < -0.4 is 5.14 Å². The Morgan fingerprint density at radius 1 is 1.25 bits per heavy atom. The van der Waals surface area contributed by atoms with Crippen molar-refractivity contribution in [3.05, 3.63) is 42.0 Å². The number of hydrogen-bond acceptors (Lipinski definition) is 5. The lowest BCUT2D eigenvalue weighted by molar-refractivity contribution is 0.101. The van der Waals surface area contributed by atoms with Crippen molar-refractivity contribution in [2.24, 2.45) is 5.14 Å². The van der Waals surface area contributed by atoms with E-state index in [9.17, 15) is 17.4 Å². The number of Topliss-reactive ketones (excluding diaryl/α,β-unsaturated/α-hetero) is 1. The van der Waals surface area contributed by atoms with E-state index in [4.69, 9.17) is 5.14 Å². The van der Waals surface area contributed by atoms with Gasteiger partial charge in [-0.25, -0.2) is 17.8 Å². The normalized spacial score (nSPS) is 13.1. The third kappa shape index (κ3) is 3.21. The van der Waals surface area contributed by atoms with Gasteiger partial charge in [0.25, 0.3) is 0 Å². The highest BCUT2D eigenvalue weighted by molar-refractivity contribution is 7.92. The first-order valence-corrected chi connectivity index (χ1v) is 8.96. The number of benzene rings is 1. The van der Waals surface area contributed by atoms with Crippen LogP contribution in [0.15, 0.2) is 49.7 Å². The van der Waals surface area contributed by atoms with Crippen molar-refractivity contribution < 1.29 is 17.4 Å². The summed E-state index contributed by atoms with van der Waals surface area (Å²) in [5, 5.41) is 5.01. The topological polar surface area (TPSA) is 94.3 Å². The van der Waals surface area contributed by atoms with E-state index in [1.807, 2.05) is 0 Å². The molecule has 0 fully saturated rings. The minimum absolute atomic E-state index is 0.0384. The average Bonchev–Trinajstić information content (AvgIpc) is 2.87. The van der Waals surface area contributed by atoms with E-state index in [-0.39, 0.29) is 9.99 Å². The second-order valence-corrected chi connectivity index (χ2v) is 8.55. The molecule has 2 rings (SSSR count). The quantitative estimate of drug-likeness (QED) is 0.865. The molecule has 1 aromatic heterocycles. The second-order valence-electron chi connectivity index (χ2n) is 3.97. The summed E-state index contributed by atoms with van der Waals surface area (Å²) >= 11 is 0.859. The molecule has 0 bridgehead atoms. The Labute approximate surface area is 122 Å². The monoisotopic (exact) mass is 329 g/mol. The zero-order chi connectivity index (χ0) is 14.9. The van der Waals surface area contributed by atoms with E-state index in [0.29, 0.717) is 14.7 Å². The van der Waals surface area contributed by atoms with Crippen molar-refractivity contribution >= 4 is 37.9 Å². The lowest BCUT2D eigenvalue weighted by Crippen LogP contribution is -2.09. The fourth-order valence-electron chi connectivity index (χ4n) is 1.50. The maximum absolute atomic E-state index is 12.3. The third-order valence-corrected chi connectivity index (χ3v) is 6.68. The van der Waals surface area contributed by atoms with Gasteiger partial charge in [-0.2, -0.15) is 0 Å². The Kier molecular flexibility index (Phi) is 4.19. The molecule has 0 aliphatic rings. The van der Waals surface area contributed by atoms with Crippen LogP contribution in [0, 0.1) is 0 Å². The molecule has 1 aromatic carbocycles. The Bertz CT molecular complexity index is 793. The van der Waals surface area contributed by atoms with Gasteiger partial charge in [0.2, 0.25) is 10.0 Å². The average molecular weight is 329 g/mol. The van der Waals surface area contributed by atoms with E-state index in [1.54, 1.807) is 18.2 Å². The molecule has 0 amide bonds. The van der Waals surface area contributed by atoms with Crippen LogP contribution in [0.5, 0.6) is 0 Å². The Balaban J connectivity index is 2.39. The van der Waals surface area contributed by atoms with E-state index in [2.05, 4.69) is 0 Å². The van der Waals surface area contributed by atoms with Crippen LogP contribution in [-0.2, 0) is 20.8 Å². The zero-order valence-corrected chi connectivity index (χ0v) is 12.8. The van der Waals surface area contributed by atoms with Crippen molar-refractivity contribution in [2.45, 2.75) is 20.2 Å². The fourth-order valence-corrected chi connectivity index (χ4v) is 4.84. The number of primary sulfonamides is 1. The van der Waals surface area contributed by atoms with Gasteiger partial charge >= 0.3 is 0 Å². The van der Waals surface area contributed by atoms with Gasteiger partial charge in [-0.3, -0.25) is 4.79 Å². The second kappa shape index (κ2) is 5.57. The molecule has 20 heavy (non-hydrogen) atoms. The fraction of sp³-hybridized carbons (Fsp3) is 0.0833. The van der Waals surface area contributed by atoms with Crippen molar-refractivity contribution in [3.8, 4) is 0 Å². The van der Waals surface area contributed by atoms with E-state index in [1.165, 1.54) is 25.1 Å². The van der Waals surface area contributed by atoms with Crippen molar-refractivity contribution in [1.29, 1.82) is 0 Å². The van der Waals surface area contributed by atoms with Crippen LogP contribution in [0.3, 0.4) is 0 Å². The molecule has 0 radical (unpaired) electrons. The summed E-state index contributed by atoms with van der Waals surface area (Å²) in [5.74, 6) is -0.125. The highest BCUT2D eigenvalue weighted by Crippen LogP contribution is 2.27. The van der Waals surface area contributed by atoms with Crippen LogP contribution in [0.25, 0.3) is 0 Å². The molecule has 1 atom stereocenters. The predicted molar refractivity (Wildman–Crippen MR) is 76.8 cm³/mol.